The third kappa shape index (κ3) is 6.91. The summed E-state index contributed by atoms with van der Waals surface area (Å²) in [6.45, 7) is 0.280. The van der Waals surface area contributed by atoms with Crippen molar-refractivity contribution in [2.24, 2.45) is 0 Å². The molecule has 0 saturated heterocycles. The van der Waals surface area contributed by atoms with E-state index in [-0.39, 0.29) is 6.61 Å². The first kappa shape index (κ1) is 15.4. The fraction of sp³-hybridized carbons (Fsp3) is 0.769. The van der Waals surface area contributed by atoms with Crippen LogP contribution in [0, 0.1) is 0 Å². The van der Waals surface area contributed by atoms with Gasteiger partial charge in [-0.25, -0.2) is 0 Å². The topological polar surface area (TPSA) is 60.4 Å². The molecule has 0 aromatic heterocycles. The molecule has 5 heteroatoms. The van der Waals surface area contributed by atoms with Gasteiger partial charge in [0.05, 0.1) is 12.9 Å². The van der Waals surface area contributed by atoms with Crippen LogP contribution in [0.5, 0.6) is 0 Å². The largest absolute Gasteiger partial charge is 0.295 e. The molecule has 0 amide bonds. The standard InChI is InChI=1S/C13H22O4S/c1-18(15,16)17-11-6-4-2-3-5-8-12-9-7-10-13(12)14/h9H,2-8,10-11H2,1H3. The number of carbonyl (C=O) groups excluding carboxylic acids is 1. The van der Waals surface area contributed by atoms with Crippen molar-refractivity contribution in [3.8, 4) is 0 Å². The molecule has 104 valence electrons. The second-order valence-corrected chi connectivity index (χ2v) is 6.38. The Balaban J connectivity index is 1.92. The molecule has 0 spiro atoms. The zero-order valence-electron chi connectivity index (χ0n) is 11.0. The molecule has 0 N–H and O–H groups in total. The van der Waals surface area contributed by atoms with E-state index < -0.39 is 10.1 Å². The summed E-state index contributed by atoms with van der Waals surface area (Å²) >= 11 is 0. The van der Waals surface area contributed by atoms with Gasteiger partial charge in [-0.2, -0.15) is 8.42 Å². The molecule has 0 fully saturated rings. The number of carbonyl (C=O) groups is 1. The number of allylic oxidation sites excluding steroid dienone is 2. The van der Waals surface area contributed by atoms with Crippen molar-refractivity contribution in [2.75, 3.05) is 12.9 Å². The summed E-state index contributed by atoms with van der Waals surface area (Å²) in [6, 6.07) is 0. The summed E-state index contributed by atoms with van der Waals surface area (Å²) in [5.41, 5.74) is 1.01. The summed E-state index contributed by atoms with van der Waals surface area (Å²) in [5, 5.41) is 0. The van der Waals surface area contributed by atoms with Crippen molar-refractivity contribution >= 4 is 15.9 Å². The molecule has 0 atom stereocenters. The van der Waals surface area contributed by atoms with Crippen molar-refractivity contribution < 1.29 is 17.4 Å². The predicted molar refractivity (Wildman–Crippen MR) is 70.8 cm³/mol. The molecule has 0 aliphatic heterocycles. The molecule has 1 rings (SSSR count). The molecule has 4 nitrogen and oxygen atoms in total. The fourth-order valence-electron chi connectivity index (χ4n) is 2.05. The van der Waals surface area contributed by atoms with Crippen LogP contribution < -0.4 is 0 Å². The lowest BCUT2D eigenvalue weighted by atomic mass is 10.0. The van der Waals surface area contributed by atoms with E-state index in [0.717, 1.165) is 56.8 Å². The van der Waals surface area contributed by atoms with Crippen molar-refractivity contribution in [2.45, 2.75) is 51.4 Å². The molecule has 0 bridgehead atoms. The van der Waals surface area contributed by atoms with Gasteiger partial charge in [-0.3, -0.25) is 8.98 Å². The summed E-state index contributed by atoms with van der Waals surface area (Å²) in [6.07, 6.45) is 10.6. The van der Waals surface area contributed by atoms with E-state index >= 15 is 0 Å². The van der Waals surface area contributed by atoms with E-state index in [0.29, 0.717) is 12.2 Å². The molecule has 0 radical (unpaired) electrons. The third-order valence-electron chi connectivity index (χ3n) is 3.01. The molecule has 18 heavy (non-hydrogen) atoms. The van der Waals surface area contributed by atoms with Gasteiger partial charge in [-0.05, 0) is 31.3 Å². The number of unbranched alkanes of at least 4 members (excludes halogenated alkanes) is 4. The number of rotatable bonds is 9. The summed E-state index contributed by atoms with van der Waals surface area (Å²) in [4.78, 5) is 11.3. The lowest BCUT2D eigenvalue weighted by Crippen LogP contribution is -2.03. The van der Waals surface area contributed by atoms with Gasteiger partial charge in [-0.15, -0.1) is 0 Å². The first-order valence-electron chi connectivity index (χ1n) is 6.56. The van der Waals surface area contributed by atoms with Gasteiger partial charge in [0.2, 0.25) is 0 Å². The summed E-state index contributed by atoms with van der Waals surface area (Å²) in [5.74, 6) is 0.316. The van der Waals surface area contributed by atoms with Gasteiger partial charge in [0, 0.05) is 6.42 Å². The highest BCUT2D eigenvalue weighted by Crippen LogP contribution is 2.20. The van der Waals surface area contributed by atoms with E-state index in [4.69, 9.17) is 0 Å². The van der Waals surface area contributed by atoms with E-state index in [2.05, 4.69) is 10.3 Å². The third-order valence-corrected chi connectivity index (χ3v) is 3.60. The van der Waals surface area contributed by atoms with E-state index in [1.54, 1.807) is 0 Å². The molecule has 0 heterocycles. The van der Waals surface area contributed by atoms with Crippen LogP contribution in [0.3, 0.4) is 0 Å². The zero-order valence-corrected chi connectivity index (χ0v) is 11.8. The average Bonchev–Trinajstić information content (AvgIpc) is 2.67. The highest BCUT2D eigenvalue weighted by atomic mass is 32.2. The molecule has 0 aromatic carbocycles. The Morgan fingerprint density at radius 1 is 1.17 bits per heavy atom. The average molecular weight is 274 g/mol. The van der Waals surface area contributed by atoms with Crippen LogP contribution >= 0.6 is 0 Å². The van der Waals surface area contributed by atoms with Gasteiger partial charge in [0.15, 0.2) is 5.78 Å². The first-order valence-corrected chi connectivity index (χ1v) is 8.37. The fourth-order valence-corrected chi connectivity index (χ4v) is 2.47. The van der Waals surface area contributed by atoms with Crippen molar-refractivity contribution in [1.29, 1.82) is 0 Å². The number of hydrogen-bond acceptors (Lipinski definition) is 4. The minimum atomic E-state index is -3.28. The van der Waals surface area contributed by atoms with E-state index in [1.165, 1.54) is 0 Å². The maximum atomic E-state index is 11.3. The SMILES string of the molecule is CS(=O)(=O)OCCCCCCCC1=CCCC1=O. The Morgan fingerprint density at radius 3 is 2.44 bits per heavy atom. The minimum absolute atomic E-state index is 0.280. The Hall–Kier alpha value is -0.680. The minimum Gasteiger partial charge on any atom is -0.295 e. The molecule has 1 aliphatic rings. The molecular weight excluding hydrogens is 252 g/mol. The summed E-state index contributed by atoms with van der Waals surface area (Å²) < 4.78 is 26.0. The first-order chi connectivity index (χ1) is 8.49. The van der Waals surface area contributed by atoms with E-state index in [1.807, 2.05) is 0 Å². The molecule has 0 aromatic rings. The van der Waals surface area contributed by atoms with Crippen LogP contribution in [0.1, 0.15) is 51.4 Å². The Bertz CT molecular complexity index is 395. The quantitative estimate of drug-likeness (QED) is 0.479. The maximum absolute atomic E-state index is 11.3. The lowest BCUT2D eigenvalue weighted by Gasteiger charge is -2.03. The lowest BCUT2D eigenvalue weighted by molar-refractivity contribution is -0.115. The monoisotopic (exact) mass is 274 g/mol. The van der Waals surface area contributed by atoms with Crippen LogP contribution in [0.15, 0.2) is 11.6 Å². The van der Waals surface area contributed by atoms with Crippen LogP contribution in [0.2, 0.25) is 0 Å². The summed E-state index contributed by atoms with van der Waals surface area (Å²) in [7, 11) is -3.28. The second-order valence-electron chi connectivity index (χ2n) is 4.74. The second kappa shape index (κ2) is 7.69. The predicted octanol–water partition coefficient (Wildman–Crippen LogP) is 2.59. The smallest absolute Gasteiger partial charge is 0.264 e. The van der Waals surface area contributed by atoms with Gasteiger partial charge < -0.3 is 0 Å². The highest BCUT2D eigenvalue weighted by molar-refractivity contribution is 7.85. The molecular formula is C13H22O4S. The normalized spacial score (nSPS) is 16.1. The molecule has 1 aliphatic carbocycles. The van der Waals surface area contributed by atoms with Gasteiger partial charge in [0.25, 0.3) is 10.1 Å². The maximum Gasteiger partial charge on any atom is 0.264 e. The zero-order chi connectivity index (χ0) is 13.4. The molecule has 0 unspecified atom stereocenters. The Labute approximate surface area is 110 Å². The highest BCUT2D eigenvalue weighted by Gasteiger charge is 2.13. The Morgan fingerprint density at radius 2 is 1.83 bits per heavy atom. The van der Waals surface area contributed by atoms with Crippen LogP contribution in [0.4, 0.5) is 0 Å². The van der Waals surface area contributed by atoms with Gasteiger partial charge >= 0.3 is 0 Å². The Kier molecular flexibility index (Phi) is 6.57. The van der Waals surface area contributed by atoms with Crippen molar-refractivity contribution in [3.05, 3.63) is 11.6 Å². The number of hydrogen-bond donors (Lipinski definition) is 0. The van der Waals surface area contributed by atoms with Crippen LogP contribution in [0.25, 0.3) is 0 Å². The molecule has 0 saturated carbocycles. The van der Waals surface area contributed by atoms with E-state index in [9.17, 15) is 13.2 Å². The van der Waals surface area contributed by atoms with Gasteiger partial charge in [0.1, 0.15) is 0 Å². The van der Waals surface area contributed by atoms with Gasteiger partial charge in [-0.1, -0.05) is 25.3 Å². The van der Waals surface area contributed by atoms with Crippen molar-refractivity contribution in [1.82, 2.24) is 0 Å². The number of ketones is 1. The number of Topliss-reactive ketones (excluding diaryl/α,β-unsaturated/α-hetero) is 1. The van der Waals surface area contributed by atoms with Crippen LogP contribution in [-0.2, 0) is 19.1 Å². The van der Waals surface area contributed by atoms with Crippen molar-refractivity contribution in [3.63, 3.8) is 0 Å². The van der Waals surface area contributed by atoms with Crippen LogP contribution in [-0.4, -0.2) is 27.1 Å².